The van der Waals surface area contributed by atoms with Gasteiger partial charge in [-0.3, -0.25) is 4.79 Å². The van der Waals surface area contributed by atoms with Gasteiger partial charge in [0, 0.05) is 30.8 Å². The van der Waals surface area contributed by atoms with Crippen molar-refractivity contribution in [2.24, 2.45) is 11.8 Å². The van der Waals surface area contributed by atoms with Crippen LogP contribution in [0.3, 0.4) is 0 Å². The van der Waals surface area contributed by atoms with E-state index in [4.69, 9.17) is 0 Å². The van der Waals surface area contributed by atoms with Gasteiger partial charge < -0.3 is 4.57 Å². The average Bonchev–Trinajstić information content (AvgIpc) is 2.70. The van der Waals surface area contributed by atoms with Crippen LogP contribution >= 0.6 is 0 Å². The van der Waals surface area contributed by atoms with Crippen LogP contribution in [0.25, 0.3) is 0 Å². The summed E-state index contributed by atoms with van der Waals surface area (Å²) in [5.41, 5.74) is 0. The minimum absolute atomic E-state index is 0.229. The Bertz CT molecular complexity index is 302. The van der Waals surface area contributed by atoms with Crippen molar-refractivity contribution in [1.29, 1.82) is 0 Å². The summed E-state index contributed by atoms with van der Waals surface area (Å²) in [6, 6.07) is 4.41. The molecular weight excluding hydrogens is 162 g/mol. The average molecular weight is 177 g/mol. The van der Waals surface area contributed by atoms with Crippen molar-refractivity contribution in [2.45, 2.75) is 26.3 Å². The number of carbonyl (C=O) groups is 1. The van der Waals surface area contributed by atoms with Crippen LogP contribution in [0.2, 0.25) is 0 Å². The zero-order valence-corrected chi connectivity index (χ0v) is 8.10. The fourth-order valence-corrected chi connectivity index (χ4v) is 2.15. The first-order valence-corrected chi connectivity index (χ1v) is 4.85. The molecular formula is C11H15NO. The Kier molecular flexibility index (Phi) is 1.98. The lowest BCUT2D eigenvalue weighted by Gasteiger charge is -2.18. The molecule has 70 valence electrons. The summed E-state index contributed by atoms with van der Waals surface area (Å²) in [5, 5.41) is 0. The van der Waals surface area contributed by atoms with Crippen molar-refractivity contribution in [3.63, 3.8) is 0 Å². The van der Waals surface area contributed by atoms with Gasteiger partial charge in [-0.2, -0.15) is 0 Å². The molecule has 0 spiro atoms. The van der Waals surface area contributed by atoms with Crippen molar-refractivity contribution < 1.29 is 4.79 Å². The molecule has 0 saturated heterocycles. The number of carbonyl (C=O) groups excluding carboxylic acids is 1. The molecule has 0 radical (unpaired) electrons. The molecule has 2 rings (SSSR count). The van der Waals surface area contributed by atoms with E-state index in [9.17, 15) is 4.79 Å². The van der Waals surface area contributed by atoms with Gasteiger partial charge in [-0.15, -0.1) is 0 Å². The van der Waals surface area contributed by atoms with Crippen LogP contribution in [0, 0.1) is 11.8 Å². The van der Waals surface area contributed by atoms with Crippen LogP contribution in [-0.2, 0) is 4.79 Å². The van der Waals surface area contributed by atoms with Crippen molar-refractivity contribution >= 4 is 5.78 Å². The van der Waals surface area contributed by atoms with Crippen LogP contribution in [0.15, 0.2) is 24.5 Å². The quantitative estimate of drug-likeness (QED) is 0.645. The van der Waals surface area contributed by atoms with Crippen LogP contribution in [0.4, 0.5) is 0 Å². The van der Waals surface area contributed by atoms with Crippen LogP contribution in [0.1, 0.15) is 26.3 Å². The highest BCUT2D eigenvalue weighted by molar-refractivity contribution is 5.83. The molecule has 3 atom stereocenters. The van der Waals surface area contributed by atoms with Crippen molar-refractivity contribution in [3.8, 4) is 0 Å². The van der Waals surface area contributed by atoms with Gasteiger partial charge in [-0.25, -0.2) is 0 Å². The molecule has 0 aromatic carbocycles. The van der Waals surface area contributed by atoms with Crippen molar-refractivity contribution in [3.05, 3.63) is 24.5 Å². The molecule has 2 nitrogen and oxygen atoms in total. The van der Waals surface area contributed by atoms with E-state index in [-0.39, 0.29) is 5.92 Å². The summed E-state index contributed by atoms with van der Waals surface area (Å²) in [4.78, 5) is 11.5. The largest absolute Gasteiger partial charge is 0.351 e. The fraction of sp³-hybridized carbons (Fsp3) is 0.545. The van der Waals surface area contributed by atoms with E-state index < -0.39 is 0 Å². The van der Waals surface area contributed by atoms with E-state index in [1.807, 2.05) is 31.5 Å². The van der Waals surface area contributed by atoms with E-state index in [0.29, 0.717) is 24.2 Å². The maximum Gasteiger partial charge on any atom is 0.138 e. The molecule has 1 fully saturated rings. The lowest BCUT2D eigenvalue weighted by molar-refractivity contribution is -0.120. The molecule has 1 aliphatic rings. The molecule has 1 saturated carbocycles. The van der Waals surface area contributed by atoms with E-state index in [1.165, 1.54) is 0 Å². The summed E-state index contributed by atoms with van der Waals surface area (Å²) in [7, 11) is 0. The minimum Gasteiger partial charge on any atom is -0.351 e. The number of aromatic nitrogens is 1. The van der Waals surface area contributed by atoms with Gasteiger partial charge in [0.15, 0.2) is 0 Å². The Morgan fingerprint density at radius 2 is 1.92 bits per heavy atom. The normalized spacial score (nSPS) is 34.0. The van der Waals surface area contributed by atoms with E-state index in [2.05, 4.69) is 11.5 Å². The molecule has 0 N–H and O–H groups in total. The molecule has 1 aliphatic carbocycles. The fourth-order valence-electron chi connectivity index (χ4n) is 2.15. The van der Waals surface area contributed by atoms with Gasteiger partial charge in [0.1, 0.15) is 5.78 Å². The zero-order valence-electron chi connectivity index (χ0n) is 8.10. The van der Waals surface area contributed by atoms with Crippen LogP contribution in [-0.4, -0.2) is 10.4 Å². The molecule has 0 amide bonds. The zero-order chi connectivity index (χ0) is 9.42. The summed E-state index contributed by atoms with van der Waals surface area (Å²) in [5.74, 6) is 1.11. The van der Waals surface area contributed by atoms with Crippen molar-refractivity contribution in [1.82, 2.24) is 4.57 Å². The maximum atomic E-state index is 11.5. The predicted octanol–water partition coefficient (Wildman–Crippen LogP) is 2.27. The molecule has 1 aromatic rings. The Labute approximate surface area is 78.6 Å². The number of hydrogen-bond acceptors (Lipinski definition) is 1. The lowest BCUT2D eigenvalue weighted by atomic mass is 9.97. The standard InChI is InChI=1S/C11H15NO/c1-8-9(2)11(13)7-10(8)12-5-3-4-6-12/h3-6,8-10H,7H2,1-2H3. The monoisotopic (exact) mass is 177 g/mol. The molecule has 1 heterocycles. The molecule has 2 heteroatoms. The Hall–Kier alpha value is -1.05. The van der Waals surface area contributed by atoms with E-state index >= 15 is 0 Å². The van der Waals surface area contributed by atoms with Crippen molar-refractivity contribution in [2.75, 3.05) is 0 Å². The number of rotatable bonds is 1. The molecule has 13 heavy (non-hydrogen) atoms. The van der Waals surface area contributed by atoms with Gasteiger partial charge in [0.2, 0.25) is 0 Å². The van der Waals surface area contributed by atoms with Crippen LogP contribution in [0.5, 0.6) is 0 Å². The smallest absolute Gasteiger partial charge is 0.138 e. The third-order valence-electron chi connectivity index (χ3n) is 3.32. The second-order valence-corrected chi connectivity index (χ2v) is 4.02. The van der Waals surface area contributed by atoms with Gasteiger partial charge in [-0.05, 0) is 18.1 Å². The summed E-state index contributed by atoms with van der Waals surface area (Å²) in [6.45, 7) is 4.21. The number of hydrogen-bond donors (Lipinski definition) is 0. The topological polar surface area (TPSA) is 22.0 Å². The second-order valence-electron chi connectivity index (χ2n) is 4.02. The Balaban J connectivity index is 2.23. The van der Waals surface area contributed by atoms with Gasteiger partial charge in [-0.1, -0.05) is 13.8 Å². The lowest BCUT2D eigenvalue weighted by Crippen LogP contribution is -2.13. The minimum atomic E-state index is 0.229. The molecule has 3 unspecified atom stereocenters. The summed E-state index contributed by atoms with van der Waals surface area (Å²) in [6.07, 6.45) is 4.80. The highest BCUT2D eigenvalue weighted by Crippen LogP contribution is 2.37. The SMILES string of the molecule is CC1C(=O)CC(n2cccc2)C1C. The van der Waals surface area contributed by atoms with E-state index in [0.717, 1.165) is 0 Å². The maximum absolute atomic E-state index is 11.5. The highest BCUT2D eigenvalue weighted by atomic mass is 16.1. The van der Waals surface area contributed by atoms with Crippen LogP contribution < -0.4 is 0 Å². The summed E-state index contributed by atoms with van der Waals surface area (Å²) >= 11 is 0. The number of ketones is 1. The van der Waals surface area contributed by atoms with Gasteiger partial charge in [0.25, 0.3) is 0 Å². The first kappa shape index (κ1) is 8.54. The number of Topliss-reactive ketones (excluding diaryl/α,β-unsaturated/α-hetero) is 1. The predicted molar refractivity (Wildman–Crippen MR) is 51.4 cm³/mol. The third kappa shape index (κ3) is 1.30. The molecule has 0 bridgehead atoms. The molecule has 1 aromatic heterocycles. The van der Waals surface area contributed by atoms with Gasteiger partial charge in [0.05, 0.1) is 0 Å². The summed E-state index contributed by atoms with van der Waals surface area (Å²) < 4.78 is 2.16. The Morgan fingerprint density at radius 1 is 1.31 bits per heavy atom. The highest BCUT2D eigenvalue weighted by Gasteiger charge is 2.36. The second kappa shape index (κ2) is 3.02. The van der Waals surface area contributed by atoms with E-state index in [1.54, 1.807) is 0 Å². The third-order valence-corrected chi connectivity index (χ3v) is 3.32. The first-order chi connectivity index (χ1) is 6.20. The number of nitrogens with zero attached hydrogens (tertiary/aromatic N) is 1. The Morgan fingerprint density at radius 3 is 2.38 bits per heavy atom. The molecule has 0 aliphatic heterocycles. The first-order valence-electron chi connectivity index (χ1n) is 4.85. The van der Waals surface area contributed by atoms with Gasteiger partial charge >= 0.3 is 0 Å².